The minimum atomic E-state index is -0.108. The van der Waals surface area contributed by atoms with Gasteiger partial charge in [-0.25, -0.2) is 0 Å². The quantitative estimate of drug-likeness (QED) is 0.762. The van der Waals surface area contributed by atoms with Gasteiger partial charge in [-0.1, -0.05) is 49.4 Å². The smallest absolute Gasteiger partial charge is 0.127 e. The van der Waals surface area contributed by atoms with Gasteiger partial charge >= 0.3 is 0 Å². The van der Waals surface area contributed by atoms with Crippen molar-refractivity contribution in [1.82, 2.24) is 0 Å². The van der Waals surface area contributed by atoms with Crippen LogP contribution in [0.4, 0.5) is 0 Å². The highest BCUT2D eigenvalue weighted by atomic mass is 16.5. The van der Waals surface area contributed by atoms with Crippen molar-refractivity contribution in [3.8, 4) is 16.9 Å². The Morgan fingerprint density at radius 1 is 1.11 bits per heavy atom. The van der Waals surface area contributed by atoms with Gasteiger partial charge in [0.25, 0.3) is 0 Å². The van der Waals surface area contributed by atoms with E-state index < -0.39 is 0 Å². The van der Waals surface area contributed by atoms with Gasteiger partial charge in [-0.05, 0) is 17.2 Å². The zero-order valence-electron chi connectivity index (χ0n) is 10.6. The van der Waals surface area contributed by atoms with Crippen molar-refractivity contribution in [3.63, 3.8) is 0 Å². The Morgan fingerprint density at radius 3 is 2.44 bits per heavy atom. The van der Waals surface area contributed by atoms with Crippen LogP contribution in [0.2, 0.25) is 0 Å². The predicted octanol–water partition coefficient (Wildman–Crippen LogP) is 3.66. The highest BCUT2D eigenvalue weighted by Gasteiger charge is 2.10. The Bertz CT molecular complexity index is 532. The van der Waals surface area contributed by atoms with Crippen molar-refractivity contribution in [2.24, 2.45) is 0 Å². The number of carbonyl (C=O) groups excluding carboxylic acids is 1. The Labute approximate surface area is 107 Å². The molecule has 2 rings (SSSR count). The van der Waals surface area contributed by atoms with Crippen molar-refractivity contribution >= 4 is 6.29 Å². The molecule has 0 fully saturated rings. The maximum Gasteiger partial charge on any atom is 0.127 e. The van der Waals surface area contributed by atoms with E-state index in [2.05, 4.69) is 0 Å². The monoisotopic (exact) mass is 240 g/mol. The molecule has 2 heteroatoms. The summed E-state index contributed by atoms with van der Waals surface area (Å²) in [4.78, 5) is 10.8. The topological polar surface area (TPSA) is 26.3 Å². The van der Waals surface area contributed by atoms with E-state index in [4.69, 9.17) is 4.74 Å². The molecule has 1 atom stereocenters. The van der Waals surface area contributed by atoms with Crippen LogP contribution in [0.3, 0.4) is 0 Å². The van der Waals surface area contributed by atoms with Crippen LogP contribution in [-0.2, 0) is 4.79 Å². The molecule has 0 amide bonds. The van der Waals surface area contributed by atoms with Gasteiger partial charge in [-0.15, -0.1) is 0 Å². The normalized spacial score (nSPS) is 11.9. The summed E-state index contributed by atoms with van der Waals surface area (Å²) in [6, 6.07) is 16.0. The third-order valence-electron chi connectivity index (χ3n) is 3.04. The Balaban J connectivity index is 2.47. The molecular weight excluding hydrogens is 224 g/mol. The summed E-state index contributed by atoms with van der Waals surface area (Å²) in [5.41, 5.74) is 3.13. The Hall–Kier alpha value is -2.09. The lowest BCUT2D eigenvalue weighted by atomic mass is 9.97. The lowest BCUT2D eigenvalue weighted by Gasteiger charge is -2.12. The average Bonchev–Trinajstić information content (AvgIpc) is 2.46. The second-order valence-electron chi connectivity index (χ2n) is 4.25. The molecule has 0 aliphatic heterocycles. The number of benzene rings is 2. The van der Waals surface area contributed by atoms with Crippen molar-refractivity contribution in [2.45, 2.75) is 12.8 Å². The number of aldehydes is 1. The molecule has 2 aromatic carbocycles. The van der Waals surface area contributed by atoms with Crippen LogP contribution < -0.4 is 4.74 Å². The maximum atomic E-state index is 10.8. The van der Waals surface area contributed by atoms with E-state index in [-0.39, 0.29) is 5.92 Å². The van der Waals surface area contributed by atoms with Gasteiger partial charge in [0.2, 0.25) is 0 Å². The first-order valence-corrected chi connectivity index (χ1v) is 5.95. The summed E-state index contributed by atoms with van der Waals surface area (Å²) in [5, 5.41) is 0. The molecule has 0 saturated heterocycles. The summed E-state index contributed by atoms with van der Waals surface area (Å²) >= 11 is 0. The van der Waals surface area contributed by atoms with Crippen LogP contribution in [0.5, 0.6) is 5.75 Å². The number of hydrogen-bond donors (Lipinski definition) is 0. The molecule has 0 bridgehead atoms. The lowest BCUT2D eigenvalue weighted by molar-refractivity contribution is -0.108. The average molecular weight is 240 g/mol. The first kappa shape index (κ1) is 12.4. The zero-order chi connectivity index (χ0) is 13.0. The fourth-order valence-electron chi connectivity index (χ4n) is 1.93. The number of hydrogen-bond acceptors (Lipinski definition) is 2. The SMILES string of the molecule is COc1cc([C@@H](C)C=O)ccc1-c1ccccc1. The molecule has 0 aliphatic carbocycles. The third kappa shape index (κ3) is 2.43. The molecule has 0 saturated carbocycles. The Morgan fingerprint density at radius 2 is 1.83 bits per heavy atom. The number of rotatable bonds is 4. The summed E-state index contributed by atoms with van der Waals surface area (Å²) in [6.45, 7) is 1.88. The molecule has 0 spiro atoms. The molecule has 0 N–H and O–H groups in total. The number of ether oxygens (including phenoxy) is 1. The van der Waals surface area contributed by atoms with Crippen molar-refractivity contribution in [2.75, 3.05) is 7.11 Å². The van der Waals surface area contributed by atoms with Crippen LogP contribution in [-0.4, -0.2) is 13.4 Å². The van der Waals surface area contributed by atoms with Crippen LogP contribution in [0.25, 0.3) is 11.1 Å². The van der Waals surface area contributed by atoms with Gasteiger partial charge in [0.1, 0.15) is 12.0 Å². The van der Waals surface area contributed by atoms with Crippen LogP contribution in [0.15, 0.2) is 48.5 Å². The Kier molecular flexibility index (Phi) is 3.78. The fourth-order valence-corrected chi connectivity index (χ4v) is 1.93. The van der Waals surface area contributed by atoms with Crippen molar-refractivity contribution in [1.29, 1.82) is 0 Å². The van der Waals surface area contributed by atoms with E-state index in [1.807, 2.05) is 55.5 Å². The van der Waals surface area contributed by atoms with Crippen molar-refractivity contribution < 1.29 is 9.53 Å². The van der Waals surface area contributed by atoms with Crippen LogP contribution in [0, 0.1) is 0 Å². The molecule has 18 heavy (non-hydrogen) atoms. The first-order valence-electron chi connectivity index (χ1n) is 5.95. The highest BCUT2D eigenvalue weighted by molar-refractivity contribution is 5.72. The fraction of sp³-hybridized carbons (Fsp3) is 0.188. The molecule has 0 unspecified atom stereocenters. The van der Waals surface area contributed by atoms with Gasteiger partial charge in [0.15, 0.2) is 0 Å². The third-order valence-corrected chi connectivity index (χ3v) is 3.04. The standard InChI is InChI=1S/C16H16O2/c1-12(11-17)14-8-9-15(16(10-14)18-2)13-6-4-3-5-7-13/h3-12H,1-2H3/t12-/m0/s1. The molecule has 0 aromatic heterocycles. The van der Waals surface area contributed by atoms with Gasteiger partial charge in [-0.3, -0.25) is 0 Å². The maximum absolute atomic E-state index is 10.8. The van der Waals surface area contributed by atoms with E-state index >= 15 is 0 Å². The molecule has 0 aliphatic rings. The van der Waals surface area contributed by atoms with Crippen LogP contribution in [0.1, 0.15) is 18.4 Å². The van der Waals surface area contributed by atoms with Gasteiger partial charge in [0.05, 0.1) is 7.11 Å². The van der Waals surface area contributed by atoms with E-state index in [0.717, 1.165) is 28.7 Å². The molecule has 92 valence electrons. The van der Waals surface area contributed by atoms with Gasteiger partial charge in [0, 0.05) is 11.5 Å². The highest BCUT2D eigenvalue weighted by Crippen LogP contribution is 2.32. The van der Waals surface area contributed by atoms with E-state index in [1.165, 1.54) is 0 Å². The summed E-state index contributed by atoms with van der Waals surface area (Å²) < 4.78 is 5.42. The number of carbonyl (C=O) groups is 1. The van der Waals surface area contributed by atoms with E-state index in [1.54, 1.807) is 7.11 Å². The molecule has 2 nitrogen and oxygen atoms in total. The molecule has 0 heterocycles. The largest absolute Gasteiger partial charge is 0.496 e. The molecule has 2 aromatic rings. The minimum Gasteiger partial charge on any atom is -0.496 e. The second-order valence-corrected chi connectivity index (χ2v) is 4.25. The summed E-state index contributed by atoms with van der Waals surface area (Å²) in [6.07, 6.45) is 0.941. The van der Waals surface area contributed by atoms with Crippen molar-refractivity contribution in [3.05, 3.63) is 54.1 Å². The molecule has 0 radical (unpaired) electrons. The number of methoxy groups -OCH3 is 1. The first-order chi connectivity index (χ1) is 8.76. The summed E-state index contributed by atoms with van der Waals surface area (Å²) in [5.74, 6) is 0.691. The second kappa shape index (κ2) is 5.50. The zero-order valence-corrected chi connectivity index (χ0v) is 10.6. The van der Waals surface area contributed by atoms with Gasteiger partial charge in [-0.2, -0.15) is 0 Å². The lowest BCUT2D eigenvalue weighted by Crippen LogP contribution is -1.96. The van der Waals surface area contributed by atoms with E-state index in [0.29, 0.717) is 0 Å². The predicted molar refractivity (Wildman–Crippen MR) is 72.9 cm³/mol. The summed E-state index contributed by atoms with van der Waals surface area (Å²) in [7, 11) is 1.65. The van der Waals surface area contributed by atoms with Crippen LogP contribution >= 0.6 is 0 Å². The molecular formula is C16H16O2. The van der Waals surface area contributed by atoms with E-state index in [9.17, 15) is 4.79 Å². The van der Waals surface area contributed by atoms with Gasteiger partial charge < -0.3 is 9.53 Å². The minimum absolute atomic E-state index is 0.108.